The van der Waals surface area contributed by atoms with Gasteiger partial charge in [-0.2, -0.15) is 0 Å². The van der Waals surface area contributed by atoms with Gasteiger partial charge < -0.3 is 10.2 Å². The Morgan fingerprint density at radius 2 is 1.40 bits per heavy atom. The van der Waals surface area contributed by atoms with E-state index in [9.17, 15) is 9.59 Å². The van der Waals surface area contributed by atoms with Crippen LogP contribution in [0.1, 0.15) is 77.6 Å². The molecule has 0 amide bonds. The minimum Gasteiger partial charge on any atom is -0.481 e. The van der Waals surface area contributed by atoms with Crippen LogP contribution in [0.3, 0.4) is 0 Å². The molecule has 0 aromatic carbocycles. The fourth-order valence-electron chi connectivity index (χ4n) is 2.08. The second-order valence-corrected chi connectivity index (χ2v) is 5.19. The van der Waals surface area contributed by atoms with Crippen molar-refractivity contribution in [2.75, 3.05) is 0 Å². The number of rotatable bonds is 13. The lowest BCUT2D eigenvalue weighted by Crippen LogP contribution is -2.00. The first-order chi connectivity index (χ1) is 9.57. The van der Waals surface area contributed by atoms with Gasteiger partial charge in [0.05, 0.1) is 0 Å². The molecule has 0 saturated heterocycles. The Bertz CT molecular complexity index is 308. The summed E-state index contributed by atoms with van der Waals surface area (Å²) in [5.41, 5.74) is 0.546. The first kappa shape index (κ1) is 18.7. The molecule has 0 atom stereocenters. The molecule has 0 aliphatic heterocycles. The van der Waals surface area contributed by atoms with E-state index in [-0.39, 0.29) is 6.42 Å². The number of carboxylic acids is 2. The van der Waals surface area contributed by atoms with Gasteiger partial charge in [-0.25, -0.2) is 4.79 Å². The van der Waals surface area contributed by atoms with Crippen LogP contribution in [-0.2, 0) is 9.59 Å². The van der Waals surface area contributed by atoms with Gasteiger partial charge in [-0.15, -0.1) is 0 Å². The molecule has 0 aliphatic rings. The molecule has 0 saturated carbocycles. The summed E-state index contributed by atoms with van der Waals surface area (Å²) in [6.07, 6.45) is 11.5. The highest BCUT2D eigenvalue weighted by Gasteiger charge is 2.06. The van der Waals surface area contributed by atoms with Crippen LogP contribution in [0.2, 0.25) is 0 Å². The van der Waals surface area contributed by atoms with Crippen molar-refractivity contribution in [2.24, 2.45) is 0 Å². The zero-order valence-electron chi connectivity index (χ0n) is 12.6. The standard InChI is InChI=1S/C16H28O4/c1-2-3-8-11-14(16(19)20)12-9-6-4-5-7-10-13-15(17)18/h11H,2-10,12-13H2,1H3,(H,17,18)(H,19,20). The maximum Gasteiger partial charge on any atom is 0.331 e. The van der Waals surface area contributed by atoms with Crippen LogP contribution in [0, 0.1) is 0 Å². The molecule has 0 rings (SSSR count). The predicted octanol–water partition coefficient (Wildman–Crippen LogP) is 4.39. The quantitative estimate of drug-likeness (QED) is 0.388. The Kier molecular flexibility index (Phi) is 11.9. The molecule has 0 bridgehead atoms. The largest absolute Gasteiger partial charge is 0.481 e. The molecule has 4 nitrogen and oxygen atoms in total. The predicted molar refractivity (Wildman–Crippen MR) is 79.8 cm³/mol. The van der Waals surface area contributed by atoms with Crippen molar-refractivity contribution in [3.05, 3.63) is 11.6 Å². The molecule has 0 unspecified atom stereocenters. The average molecular weight is 284 g/mol. The van der Waals surface area contributed by atoms with E-state index >= 15 is 0 Å². The number of hydrogen-bond acceptors (Lipinski definition) is 2. The molecular formula is C16H28O4. The SMILES string of the molecule is CCCCC=C(CCCCCCCCC(=O)O)C(=O)O. The maximum atomic E-state index is 11.0. The summed E-state index contributed by atoms with van der Waals surface area (Å²) < 4.78 is 0. The highest BCUT2D eigenvalue weighted by Crippen LogP contribution is 2.14. The van der Waals surface area contributed by atoms with E-state index in [1.165, 1.54) is 0 Å². The van der Waals surface area contributed by atoms with Crippen molar-refractivity contribution in [2.45, 2.75) is 77.6 Å². The van der Waals surface area contributed by atoms with E-state index < -0.39 is 11.9 Å². The van der Waals surface area contributed by atoms with Gasteiger partial charge in [0.25, 0.3) is 0 Å². The van der Waals surface area contributed by atoms with Crippen LogP contribution in [0.15, 0.2) is 11.6 Å². The fourth-order valence-corrected chi connectivity index (χ4v) is 2.08. The maximum absolute atomic E-state index is 11.0. The van der Waals surface area contributed by atoms with E-state index in [1.54, 1.807) is 0 Å². The Labute approximate surface area is 121 Å². The van der Waals surface area contributed by atoms with Crippen LogP contribution in [0.5, 0.6) is 0 Å². The smallest absolute Gasteiger partial charge is 0.331 e. The first-order valence-corrected chi connectivity index (χ1v) is 7.72. The second-order valence-electron chi connectivity index (χ2n) is 5.19. The average Bonchev–Trinajstić information content (AvgIpc) is 2.39. The number of carbonyl (C=O) groups is 2. The van der Waals surface area contributed by atoms with Crippen LogP contribution in [0.25, 0.3) is 0 Å². The van der Waals surface area contributed by atoms with Gasteiger partial charge in [0.2, 0.25) is 0 Å². The molecule has 116 valence electrons. The Hall–Kier alpha value is -1.32. The minimum absolute atomic E-state index is 0.253. The zero-order chi connectivity index (χ0) is 15.2. The summed E-state index contributed by atoms with van der Waals surface area (Å²) in [6, 6.07) is 0. The number of carboxylic acid groups (broad SMARTS) is 2. The molecule has 0 aromatic heterocycles. The van der Waals surface area contributed by atoms with Crippen LogP contribution in [0.4, 0.5) is 0 Å². The molecule has 0 aromatic rings. The Morgan fingerprint density at radius 3 is 1.90 bits per heavy atom. The van der Waals surface area contributed by atoms with Crippen LogP contribution >= 0.6 is 0 Å². The van der Waals surface area contributed by atoms with Crippen LogP contribution in [-0.4, -0.2) is 22.2 Å². The summed E-state index contributed by atoms with van der Waals surface area (Å²) in [5.74, 6) is -1.52. The molecule has 0 fully saturated rings. The van der Waals surface area contributed by atoms with Gasteiger partial charge in [-0.1, -0.05) is 51.5 Å². The summed E-state index contributed by atoms with van der Waals surface area (Å²) >= 11 is 0. The minimum atomic E-state index is -0.789. The molecule has 4 heteroatoms. The van der Waals surface area contributed by atoms with Crippen molar-refractivity contribution < 1.29 is 19.8 Å². The lowest BCUT2D eigenvalue weighted by molar-refractivity contribution is -0.137. The van der Waals surface area contributed by atoms with Crippen molar-refractivity contribution in [3.63, 3.8) is 0 Å². The summed E-state index contributed by atoms with van der Waals surface area (Å²) in [5, 5.41) is 17.6. The molecular weight excluding hydrogens is 256 g/mol. The molecule has 0 aliphatic carbocycles. The van der Waals surface area contributed by atoms with E-state index in [0.717, 1.165) is 57.8 Å². The van der Waals surface area contributed by atoms with Crippen molar-refractivity contribution in [1.29, 1.82) is 0 Å². The topological polar surface area (TPSA) is 74.6 Å². The number of allylic oxidation sites excluding steroid dienone is 1. The third-order valence-electron chi connectivity index (χ3n) is 3.31. The Balaban J connectivity index is 3.61. The number of unbranched alkanes of at least 4 members (excludes halogenated alkanes) is 7. The fraction of sp³-hybridized carbons (Fsp3) is 0.750. The van der Waals surface area contributed by atoms with Gasteiger partial charge in [0.15, 0.2) is 0 Å². The lowest BCUT2D eigenvalue weighted by atomic mass is 10.0. The molecule has 0 heterocycles. The van der Waals surface area contributed by atoms with Crippen LogP contribution < -0.4 is 0 Å². The monoisotopic (exact) mass is 284 g/mol. The van der Waals surface area contributed by atoms with E-state index in [1.807, 2.05) is 6.08 Å². The summed E-state index contributed by atoms with van der Waals surface area (Å²) in [6.45, 7) is 2.10. The summed E-state index contributed by atoms with van der Waals surface area (Å²) in [4.78, 5) is 21.4. The van der Waals surface area contributed by atoms with E-state index in [2.05, 4.69) is 6.92 Å². The highest BCUT2D eigenvalue weighted by molar-refractivity contribution is 5.86. The van der Waals surface area contributed by atoms with Gasteiger partial charge in [0, 0.05) is 12.0 Å². The molecule has 20 heavy (non-hydrogen) atoms. The first-order valence-electron chi connectivity index (χ1n) is 7.72. The lowest BCUT2D eigenvalue weighted by Gasteiger charge is -2.03. The van der Waals surface area contributed by atoms with Crippen molar-refractivity contribution >= 4 is 11.9 Å². The molecule has 2 N–H and O–H groups in total. The van der Waals surface area contributed by atoms with E-state index in [4.69, 9.17) is 10.2 Å². The van der Waals surface area contributed by atoms with Crippen molar-refractivity contribution in [1.82, 2.24) is 0 Å². The van der Waals surface area contributed by atoms with Gasteiger partial charge >= 0.3 is 11.9 Å². The Morgan fingerprint density at radius 1 is 0.850 bits per heavy atom. The number of hydrogen-bond donors (Lipinski definition) is 2. The third kappa shape index (κ3) is 11.8. The second kappa shape index (κ2) is 12.7. The molecule has 0 spiro atoms. The molecule has 0 radical (unpaired) electrons. The van der Waals surface area contributed by atoms with Gasteiger partial charge in [0.1, 0.15) is 0 Å². The van der Waals surface area contributed by atoms with E-state index in [0.29, 0.717) is 12.0 Å². The van der Waals surface area contributed by atoms with Gasteiger partial charge in [-0.3, -0.25) is 4.79 Å². The number of aliphatic carboxylic acids is 2. The normalized spacial score (nSPS) is 11.6. The van der Waals surface area contributed by atoms with Crippen molar-refractivity contribution in [3.8, 4) is 0 Å². The third-order valence-corrected chi connectivity index (χ3v) is 3.31. The zero-order valence-corrected chi connectivity index (χ0v) is 12.6. The highest BCUT2D eigenvalue weighted by atomic mass is 16.4. The summed E-state index contributed by atoms with van der Waals surface area (Å²) in [7, 11) is 0. The van der Waals surface area contributed by atoms with Gasteiger partial charge in [-0.05, 0) is 25.7 Å².